The number of nitrogens with zero attached hydrogens (tertiary/aromatic N) is 2. The summed E-state index contributed by atoms with van der Waals surface area (Å²) in [6.07, 6.45) is 2.06. The van der Waals surface area contributed by atoms with E-state index in [1.165, 1.54) is 4.31 Å². The molecule has 0 radical (unpaired) electrons. The van der Waals surface area contributed by atoms with Crippen molar-refractivity contribution in [3.8, 4) is 0 Å². The zero-order chi connectivity index (χ0) is 17.3. The molecule has 0 saturated carbocycles. The lowest BCUT2D eigenvalue weighted by molar-refractivity contribution is 0.475. The van der Waals surface area contributed by atoms with Gasteiger partial charge in [-0.15, -0.1) is 0 Å². The Kier molecular flexibility index (Phi) is 4.58. The van der Waals surface area contributed by atoms with Crippen LogP contribution in [0.15, 0.2) is 66.2 Å². The molecule has 24 heavy (non-hydrogen) atoms. The van der Waals surface area contributed by atoms with Crippen LogP contribution in [-0.2, 0) is 10.2 Å². The summed E-state index contributed by atoms with van der Waals surface area (Å²) in [6, 6.07) is 19.5. The molecule has 2 aromatic rings. The first kappa shape index (κ1) is 16.9. The molecule has 1 aliphatic heterocycles. The van der Waals surface area contributed by atoms with E-state index in [9.17, 15) is 8.42 Å². The van der Waals surface area contributed by atoms with Gasteiger partial charge in [0.2, 0.25) is 0 Å². The first-order valence-corrected chi connectivity index (χ1v) is 9.32. The molecule has 3 atom stereocenters. The summed E-state index contributed by atoms with van der Waals surface area (Å²) < 4.78 is 28.2. The maximum absolute atomic E-state index is 12.7. The zero-order valence-corrected chi connectivity index (χ0v) is 14.9. The van der Waals surface area contributed by atoms with Crippen LogP contribution in [0.2, 0.25) is 0 Å². The average Bonchev–Trinajstić information content (AvgIpc) is 3.33. The molecule has 1 unspecified atom stereocenters. The van der Waals surface area contributed by atoms with Crippen molar-refractivity contribution in [3.05, 3.63) is 77.4 Å². The molecule has 0 N–H and O–H groups in total. The zero-order valence-electron chi connectivity index (χ0n) is 14.1. The molecule has 126 valence electrons. The van der Waals surface area contributed by atoms with Crippen LogP contribution >= 0.6 is 0 Å². The molecule has 5 heteroatoms. The van der Waals surface area contributed by atoms with Gasteiger partial charge in [-0.05, 0) is 18.1 Å². The Bertz CT molecular complexity index is 830. The molecule has 1 heterocycles. The van der Waals surface area contributed by atoms with E-state index in [1.807, 2.05) is 67.6 Å². The summed E-state index contributed by atoms with van der Waals surface area (Å²) in [6.45, 7) is 2.00. The van der Waals surface area contributed by atoms with Crippen LogP contribution in [0.3, 0.4) is 0 Å². The molecule has 0 aliphatic carbocycles. The van der Waals surface area contributed by atoms with Crippen molar-refractivity contribution in [3.63, 3.8) is 0 Å². The molecule has 1 saturated heterocycles. The number of hydrogen-bond acceptors (Lipinski definition) is 2. The standard InChI is InChI=1S/C19H22N2O2S/c1-15(14-16-10-6-4-7-11-16)18-19(17-12-8-5-9-13-17)21(18)24(22,23)20(2)3/h4-14,18-19H,1-3H3/b15-14+/t18-,19-,21?/m1/s1. The van der Waals surface area contributed by atoms with Crippen LogP contribution in [-0.4, -0.2) is 37.2 Å². The van der Waals surface area contributed by atoms with Crippen molar-refractivity contribution in [1.29, 1.82) is 0 Å². The van der Waals surface area contributed by atoms with Crippen molar-refractivity contribution < 1.29 is 8.42 Å². The number of rotatable bonds is 5. The van der Waals surface area contributed by atoms with Crippen LogP contribution in [0.1, 0.15) is 24.1 Å². The Morgan fingerprint density at radius 3 is 2.08 bits per heavy atom. The third kappa shape index (κ3) is 3.15. The van der Waals surface area contributed by atoms with E-state index < -0.39 is 10.2 Å². The summed E-state index contributed by atoms with van der Waals surface area (Å²) in [5.41, 5.74) is 3.14. The predicted octanol–water partition coefficient (Wildman–Crippen LogP) is 3.32. The van der Waals surface area contributed by atoms with Crippen molar-refractivity contribution in [1.82, 2.24) is 8.61 Å². The van der Waals surface area contributed by atoms with Crippen LogP contribution in [0.5, 0.6) is 0 Å². The fourth-order valence-corrected chi connectivity index (χ4v) is 4.43. The third-order valence-electron chi connectivity index (χ3n) is 4.29. The third-order valence-corrected chi connectivity index (χ3v) is 6.20. The molecule has 0 amide bonds. The Morgan fingerprint density at radius 1 is 1.00 bits per heavy atom. The first-order chi connectivity index (χ1) is 11.4. The highest BCUT2D eigenvalue weighted by Crippen LogP contribution is 2.50. The van der Waals surface area contributed by atoms with Crippen LogP contribution in [0.4, 0.5) is 0 Å². The van der Waals surface area contributed by atoms with Gasteiger partial charge >= 0.3 is 0 Å². The Labute approximate surface area is 144 Å². The molecule has 0 spiro atoms. The predicted molar refractivity (Wildman–Crippen MR) is 97.5 cm³/mol. The van der Waals surface area contributed by atoms with Gasteiger partial charge in [-0.25, -0.2) is 0 Å². The minimum Gasteiger partial charge on any atom is -0.195 e. The van der Waals surface area contributed by atoms with Crippen LogP contribution in [0.25, 0.3) is 6.08 Å². The van der Waals surface area contributed by atoms with Crippen molar-refractivity contribution >= 4 is 16.3 Å². The Hall–Kier alpha value is -1.95. The minimum absolute atomic E-state index is 0.139. The van der Waals surface area contributed by atoms with Gasteiger partial charge in [0.05, 0.1) is 12.1 Å². The fraction of sp³-hybridized carbons (Fsp3) is 0.263. The highest BCUT2D eigenvalue weighted by molar-refractivity contribution is 7.87. The second-order valence-electron chi connectivity index (χ2n) is 6.22. The highest BCUT2D eigenvalue weighted by atomic mass is 32.2. The van der Waals surface area contributed by atoms with Gasteiger partial charge in [0.15, 0.2) is 0 Å². The lowest BCUT2D eigenvalue weighted by Gasteiger charge is -2.13. The van der Waals surface area contributed by atoms with E-state index in [-0.39, 0.29) is 12.1 Å². The van der Waals surface area contributed by atoms with Crippen molar-refractivity contribution in [2.24, 2.45) is 0 Å². The molecule has 0 aromatic heterocycles. The van der Waals surface area contributed by atoms with Gasteiger partial charge in [-0.1, -0.05) is 72.3 Å². The summed E-state index contributed by atoms with van der Waals surface area (Å²) in [4.78, 5) is 0. The summed E-state index contributed by atoms with van der Waals surface area (Å²) in [7, 11) is -0.317. The van der Waals surface area contributed by atoms with Gasteiger partial charge in [-0.3, -0.25) is 0 Å². The average molecular weight is 342 g/mol. The molecular formula is C19H22N2O2S. The molecule has 1 aliphatic rings. The van der Waals surface area contributed by atoms with E-state index in [4.69, 9.17) is 0 Å². The second kappa shape index (κ2) is 6.51. The van der Waals surface area contributed by atoms with Gasteiger partial charge < -0.3 is 0 Å². The van der Waals surface area contributed by atoms with E-state index in [2.05, 4.69) is 6.08 Å². The lowest BCUT2D eigenvalue weighted by atomic mass is 10.0. The van der Waals surface area contributed by atoms with Gasteiger partial charge in [0.25, 0.3) is 10.2 Å². The van der Waals surface area contributed by atoms with E-state index in [0.29, 0.717) is 0 Å². The monoisotopic (exact) mass is 342 g/mol. The number of benzene rings is 2. The summed E-state index contributed by atoms with van der Waals surface area (Å²) >= 11 is 0. The van der Waals surface area contributed by atoms with Gasteiger partial charge in [0, 0.05) is 14.1 Å². The van der Waals surface area contributed by atoms with Crippen molar-refractivity contribution in [2.45, 2.75) is 19.0 Å². The fourth-order valence-electron chi connectivity index (χ4n) is 3.01. The maximum Gasteiger partial charge on any atom is 0.282 e. The SMILES string of the molecule is C/C(=C\c1ccccc1)[C@@H]1[C@@H](c2ccccc2)N1S(=O)(=O)N(C)C. The summed E-state index contributed by atoms with van der Waals surface area (Å²) in [5.74, 6) is 0. The quantitative estimate of drug-likeness (QED) is 0.782. The van der Waals surface area contributed by atoms with Crippen LogP contribution in [0, 0.1) is 0 Å². The molecular weight excluding hydrogens is 320 g/mol. The first-order valence-electron chi connectivity index (χ1n) is 7.92. The minimum atomic E-state index is -3.46. The molecule has 2 aromatic carbocycles. The maximum atomic E-state index is 12.7. The van der Waals surface area contributed by atoms with E-state index >= 15 is 0 Å². The number of hydrogen-bond donors (Lipinski definition) is 0. The van der Waals surface area contributed by atoms with E-state index in [0.717, 1.165) is 16.7 Å². The summed E-state index contributed by atoms with van der Waals surface area (Å²) in [5, 5.41) is 0. The second-order valence-corrected chi connectivity index (χ2v) is 8.27. The van der Waals surface area contributed by atoms with Gasteiger partial charge in [-0.2, -0.15) is 17.0 Å². The topological polar surface area (TPSA) is 40.4 Å². The van der Waals surface area contributed by atoms with Crippen LogP contribution < -0.4 is 0 Å². The molecule has 4 nitrogen and oxygen atoms in total. The smallest absolute Gasteiger partial charge is 0.195 e. The Balaban J connectivity index is 1.97. The van der Waals surface area contributed by atoms with Crippen molar-refractivity contribution in [2.75, 3.05) is 14.1 Å². The molecule has 1 fully saturated rings. The lowest BCUT2D eigenvalue weighted by Crippen LogP contribution is -2.30. The highest BCUT2D eigenvalue weighted by Gasteiger charge is 2.57. The normalized spacial score (nSPS) is 24.2. The molecule has 0 bridgehead atoms. The van der Waals surface area contributed by atoms with E-state index in [1.54, 1.807) is 18.4 Å². The molecule has 3 rings (SSSR count). The largest absolute Gasteiger partial charge is 0.282 e. The van der Waals surface area contributed by atoms with Gasteiger partial charge in [0.1, 0.15) is 0 Å². The Morgan fingerprint density at radius 2 is 1.54 bits per heavy atom.